The van der Waals surface area contributed by atoms with Crippen molar-refractivity contribution in [3.63, 3.8) is 0 Å². The smallest absolute Gasteiger partial charge is 0.220 e. The Kier molecular flexibility index (Phi) is 25.1. The molecule has 0 saturated heterocycles. The number of amides is 1. The molecule has 0 unspecified atom stereocenters. The molecule has 0 aliphatic heterocycles. The minimum Gasteiger partial charge on any atom is -0.394 e. The molecule has 2 atom stereocenters. The van der Waals surface area contributed by atoms with Crippen LogP contribution < -0.4 is 5.32 Å². The van der Waals surface area contributed by atoms with Crippen LogP contribution in [0.1, 0.15) is 149 Å². The predicted octanol–water partition coefficient (Wildman–Crippen LogP) is 7.61. The van der Waals surface area contributed by atoms with E-state index in [-0.39, 0.29) is 12.5 Å². The largest absolute Gasteiger partial charge is 0.394 e. The Balaban J connectivity index is 3.68. The monoisotopic (exact) mass is 467 g/mol. The molecule has 196 valence electrons. The molecule has 0 spiro atoms. The standard InChI is InChI=1S/C29H57NO3/c1-3-5-7-9-11-13-14-15-17-19-21-23-25-29(33)30-27(26-31)28(32)24-22-20-18-16-12-10-8-6-4-2/h22,24,27-28,31-32H,3-21,23,25-26H2,1-2H3,(H,30,33)/b24-22+/t27-,28+/m0/s1. The summed E-state index contributed by atoms with van der Waals surface area (Å²) in [5.41, 5.74) is 0. The number of aliphatic hydroxyl groups excluding tert-OH is 2. The fraction of sp³-hybridized carbons (Fsp3) is 0.897. The third kappa shape index (κ3) is 22.7. The topological polar surface area (TPSA) is 69.6 Å². The average Bonchev–Trinajstić information content (AvgIpc) is 2.82. The lowest BCUT2D eigenvalue weighted by molar-refractivity contribution is -0.123. The van der Waals surface area contributed by atoms with E-state index in [0.717, 1.165) is 25.7 Å². The summed E-state index contributed by atoms with van der Waals surface area (Å²) in [5.74, 6) is -0.0688. The maximum atomic E-state index is 12.2. The summed E-state index contributed by atoms with van der Waals surface area (Å²) >= 11 is 0. The van der Waals surface area contributed by atoms with E-state index in [1.165, 1.54) is 103 Å². The van der Waals surface area contributed by atoms with Crippen molar-refractivity contribution in [2.75, 3.05) is 6.61 Å². The number of rotatable bonds is 25. The number of allylic oxidation sites excluding steroid dienone is 1. The molecule has 0 rings (SSSR count). The third-order valence-electron chi connectivity index (χ3n) is 6.52. The van der Waals surface area contributed by atoms with Gasteiger partial charge in [-0.1, -0.05) is 135 Å². The van der Waals surface area contributed by atoms with Crippen LogP contribution in [0.15, 0.2) is 12.2 Å². The molecule has 0 radical (unpaired) electrons. The Labute approximate surface area is 206 Å². The number of hydrogen-bond acceptors (Lipinski definition) is 3. The molecular weight excluding hydrogens is 410 g/mol. The summed E-state index contributed by atoms with van der Waals surface area (Å²) in [6.07, 6.45) is 28.5. The molecule has 33 heavy (non-hydrogen) atoms. The van der Waals surface area contributed by atoms with E-state index in [1.54, 1.807) is 6.08 Å². The van der Waals surface area contributed by atoms with Crippen molar-refractivity contribution in [1.29, 1.82) is 0 Å². The van der Waals surface area contributed by atoms with Crippen LogP contribution in [0, 0.1) is 0 Å². The SMILES string of the molecule is CCCCCCCCC/C=C/[C@@H](O)[C@H](CO)NC(=O)CCCCCCCCCCCCCC. The molecule has 0 bridgehead atoms. The van der Waals surface area contributed by atoms with Gasteiger partial charge in [-0.05, 0) is 19.3 Å². The van der Waals surface area contributed by atoms with Crippen molar-refractivity contribution in [2.45, 2.75) is 161 Å². The Bertz CT molecular complexity index is 439. The lowest BCUT2D eigenvalue weighted by Gasteiger charge is -2.20. The molecule has 1 amide bonds. The van der Waals surface area contributed by atoms with Crippen LogP contribution in [0.3, 0.4) is 0 Å². The van der Waals surface area contributed by atoms with Crippen LogP contribution >= 0.6 is 0 Å². The molecule has 4 heteroatoms. The highest BCUT2D eigenvalue weighted by Gasteiger charge is 2.17. The Hall–Kier alpha value is -0.870. The zero-order valence-electron chi connectivity index (χ0n) is 22.2. The summed E-state index contributed by atoms with van der Waals surface area (Å²) in [5, 5.41) is 22.6. The van der Waals surface area contributed by atoms with E-state index >= 15 is 0 Å². The van der Waals surface area contributed by atoms with Crippen LogP contribution in [-0.4, -0.2) is 34.9 Å². The first-order chi connectivity index (χ1) is 16.2. The van der Waals surface area contributed by atoms with Gasteiger partial charge in [-0.2, -0.15) is 0 Å². The molecule has 0 aliphatic carbocycles. The quantitative estimate of drug-likeness (QED) is 0.0955. The van der Waals surface area contributed by atoms with Gasteiger partial charge in [0, 0.05) is 6.42 Å². The second-order valence-electron chi connectivity index (χ2n) is 9.82. The number of hydrogen-bond donors (Lipinski definition) is 3. The van der Waals surface area contributed by atoms with E-state index < -0.39 is 12.1 Å². The van der Waals surface area contributed by atoms with E-state index in [2.05, 4.69) is 19.2 Å². The molecule has 0 aromatic rings. The molecule has 0 aromatic carbocycles. The molecule has 0 aliphatic rings. The molecular formula is C29H57NO3. The molecule has 4 nitrogen and oxygen atoms in total. The van der Waals surface area contributed by atoms with E-state index in [9.17, 15) is 15.0 Å². The first kappa shape index (κ1) is 32.1. The number of unbranched alkanes of at least 4 members (excludes halogenated alkanes) is 18. The Morgan fingerprint density at radius 1 is 0.697 bits per heavy atom. The minimum absolute atomic E-state index is 0.0688. The number of nitrogens with one attached hydrogen (secondary N) is 1. The van der Waals surface area contributed by atoms with Gasteiger partial charge >= 0.3 is 0 Å². The number of carbonyl (C=O) groups is 1. The predicted molar refractivity (Wildman–Crippen MR) is 142 cm³/mol. The fourth-order valence-corrected chi connectivity index (χ4v) is 4.23. The summed E-state index contributed by atoms with van der Waals surface area (Å²) in [6, 6.07) is -0.611. The summed E-state index contributed by atoms with van der Waals surface area (Å²) in [7, 11) is 0. The lowest BCUT2D eigenvalue weighted by Crippen LogP contribution is -2.45. The van der Waals surface area contributed by atoms with Gasteiger partial charge in [0.15, 0.2) is 0 Å². The Morgan fingerprint density at radius 2 is 1.12 bits per heavy atom. The van der Waals surface area contributed by atoms with Crippen molar-refractivity contribution in [2.24, 2.45) is 0 Å². The molecule has 0 fully saturated rings. The summed E-state index contributed by atoms with van der Waals surface area (Å²) in [6.45, 7) is 4.25. The van der Waals surface area contributed by atoms with Crippen LogP contribution in [0.4, 0.5) is 0 Å². The maximum Gasteiger partial charge on any atom is 0.220 e. The molecule has 0 heterocycles. The normalized spacial score (nSPS) is 13.5. The molecule has 0 saturated carbocycles. The van der Waals surface area contributed by atoms with Gasteiger partial charge < -0.3 is 15.5 Å². The van der Waals surface area contributed by atoms with Gasteiger partial charge in [-0.15, -0.1) is 0 Å². The van der Waals surface area contributed by atoms with E-state index in [4.69, 9.17) is 0 Å². The second kappa shape index (κ2) is 25.7. The zero-order chi connectivity index (χ0) is 24.4. The highest BCUT2D eigenvalue weighted by atomic mass is 16.3. The molecule has 0 aromatic heterocycles. The van der Waals surface area contributed by atoms with Crippen molar-refractivity contribution in [1.82, 2.24) is 5.32 Å². The van der Waals surface area contributed by atoms with Crippen molar-refractivity contribution in [3.8, 4) is 0 Å². The highest BCUT2D eigenvalue weighted by molar-refractivity contribution is 5.76. The third-order valence-corrected chi connectivity index (χ3v) is 6.52. The van der Waals surface area contributed by atoms with Gasteiger partial charge in [0.1, 0.15) is 0 Å². The second-order valence-corrected chi connectivity index (χ2v) is 9.82. The van der Waals surface area contributed by atoms with Crippen LogP contribution in [0.5, 0.6) is 0 Å². The Morgan fingerprint density at radius 3 is 1.58 bits per heavy atom. The first-order valence-electron chi connectivity index (χ1n) is 14.4. The van der Waals surface area contributed by atoms with Gasteiger partial charge in [0.2, 0.25) is 5.91 Å². The van der Waals surface area contributed by atoms with E-state index in [1.807, 2.05) is 6.08 Å². The maximum absolute atomic E-state index is 12.2. The van der Waals surface area contributed by atoms with Gasteiger partial charge in [0.25, 0.3) is 0 Å². The first-order valence-corrected chi connectivity index (χ1v) is 14.4. The average molecular weight is 468 g/mol. The summed E-state index contributed by atoms with van der Waals surface area (Å²) < 4.78 is 0. The van der Waals surface area contributed by atoms with Gasteiger partial charge in [-0.3, -0.25) is 4.79 Å². The van der Waals surface area contributed by atoms with Crippen molar-refractivity contribution >= 4 is 5.91 Å². The fourth-order valence-electron chi connectivity index (χ4n) is 4.23. The van der Waals surface area contributed by atoms with Crippen molar-refractivity contribution in [3.05, 3.63) is 12.2 Å². The van der Waals surface area contributed by atoms with Crippen LogP contribution in [0.2, 0.25) is 0 Å². The number of carbonyl (C=O) groups excluding carboxylic acids is 1. The van der Waals surface area contributed by atoms with E-state index in [0.29, 0.717) is 6.42 Å². The summed E-state index contributed by atoms with van der Waals surface area (Å²) in [4.78, 5) is 12.2. The van der Waals surface area contributed by atoms with Gasteiger partial charge in [0.05, 0.1) is 18.8 Å². The minimum atomic E-state index is -0.828. The van der Waals surface area contributed by atoms with Crippen LogP contribution in [0.25, 0.3) is 0 Å². The van der Waals surface area contributed by atoms with Gasteiger partial charge in [-0.25, -0.2) is 0 Å². The highest BCUT2D eigenvalue weighted by Crippen LogP contribution is 2.13. The van der Waals surface area contributed by atoms with Crippen LogP contribution in [-0.2, 0) is 4.79 Å². The number of aliphatic hydroxyl groups is 2. The molecule has 3 N–H and O–H groups in total. The lowest BCUT2D eigenvalue weighted by atomic mass is 10.0. The zero-order valence-corrected chi connectivity index (χ0v) is 22.2. The van der Waals surface area contributed by atoms with Crippen molar-refractivity contribution < 1.29 is 15.0 Å².